The minimum atomic E-state index is -4.02. The SMILES string of the molecule is O=C(c1ccccc1)C(Cl)(Cl)C(NS(=O)(=O)c1ccccc1)c1ccc(Cl)cc1. The molecule has 0 aliphatic carbocycles. The Kier molecular flexibility index (Phi) is 6.66. The molecular formula is C21H16Cl3NO3S. The highest BCUT2D eigenvalue weighted by Gasteiger charge is 2.45. The maximum atomic E-state index is 13.0. The minimum Gasteiger partial charge on any atom is -0.291 e. The molecule has 0 aliphatic rings. The molecule has 0 aromatic heterocycles. The van der Waals surface area contributed by atoms with Gasteiger partial charge in [-0.1, -0.05) is 95.5 Å². The van der Waals surface area contributed by atoms with Crippen LogP contribution < -0.4 is 4.72 Å². The zero-order chi connectivity index (χ0) is 21.1. The van der Waals surface area contributed by atoms with Crippen molar-refractivity contribution in [2.24, 2.45) is 0 Å². The van der Waals surface area contributed by atoms with Crippen LogP contribution >= 0.6 is 34.8 Å². The molecule has 0 heterocycles. The van der Waals surface area contributed by atoms with Gasteiger partial charge in [-0.25, -0.2) is 13.1 Å². The van der Waals surface area contributed by atoms with Gasteiger partial charge in [0, 0.05) is 10.6 Å². The highest BCUT2D eigenvalue weighted by atomic mass is 35.5. The van der Waals surface area contributed by atoms with Crippen molar-refractivity contribution in [3.63, 3.8) is 0 Å². The van der Waals surface area contributed by atoms with Crippen molar-refractivity contribution >= 4 is 50.6 Å². The average Bonchev–Trinajstić information content (AvgIpc) is 2.73. The molecule has 8 heteroatoms. The fraction of sp³-hybridized carbons (Fsp3) is 0.0952. The lowest BCUT2D eigenvalue weighted by Gasteiger charge is -2.30. The highest BCUT2D eigenvalue weighted by molar-refractivity contribution is 7.89. The van der Waals surface area contributed by atoms with Crippen LogP contribution in [0.5, 0.6) is 0 Å². The smallest absolute Gasteiger partial charge is 0.241 e. The number of hydrogen-bond donors (Lipinski definition) is 1. The molecule has 4 nitrogen and oxygen atoms in total. The molecule has 1 unspecified atom stereocenters. The summed E-state index contributed by atoms with van der Waals surface area (Å²) in [5.41, 5.74) is 0.651. The maximum absolute atomic E-state index is 13.0. The lowest BCUT2D eigenvalue weighted by Crippen LogP contribution is -2.44. The molecule has 0 amide bonds. The summed E-state index contributed by atoms with van der Waals surface area (Å²) in [4.78, 5) is 13.1. The number of sulfonamides is 1. The second kappa shape index (κ2) is 8.86. The molecule has 3 aromatic rings. The van der Waals surface area contributed by atoms with Gasteiger partial charge in [-0.3, -0.25) is 4.79 Å². The predicted octanol–water partition coefficient (Wildman–Crippen LogP) is 5.42. The number of rotatable bonds is 7. The summed E-state index contributed by atoms with van der Waals surface area (Å²) < 4.78 is 26.2. The standard InChI is InChI=1S/C21H16Cl3NO3S/c22-17-13-11-15(12-14-17)19(25-29(27,28)18-9-5-2-6-10-18)21(23,24)20(26)16-7-3-1-4-8-16/h1-14,19,25H. The molecule has 0 saturated heterocycles. The summed E-state index contributed by atoms with van der Waals surface area (Å²) in [5, 5.41) is 0.447. The first-order chi connectivity index (χ1) is 13.7. The van der Waals surface area contributed by atoms with E-state index >= 15 is 0 Å². The Morgan fingerprint density at radius 2 is 1.34 bits per heavy atom. The van der Waals surface area contributed by atoms with Gasteiger partial charge in [0.2, 0.25) is 20.1 Å². The largest absolute Gasteiger partial charge is 0.291 e. The number of alkyl halides is 2. The fourth-order valence-electron chi connectivity index (χ4n) is 2.74. The number of carbonyl (C=O) groups is 1. The zero-order valence-electron chi connectivity index (χ0n) is 14.9. The molecule has 3 rings (SSSR count). The molecule has 0 bridgehead atoms. The fourth-order valence-corrected chi connectivity index (χ4v) is 4.85. The predicted molar refractivity (Wildman–Crippen MR) is 116 cm³/mol. The number of Topliss-reactive ketones (excluding diaryl/α,β-unsaturated/α-hetero) is 1. The topological polar surface area (TPSA) is 63.2 Å². The summed E-state index contributed by atoms with van der Waals surface area (Å²) >= 11 is 19.0. The summed E-state index contributed by atoms with van der Waals surface area (Å²) in [7, 11) is -4.02. The summed E-state index contributed by atoms with van der Waals surface area (Å²) in [6.07, 6.45) is 0. The van der Waals surface area contributed by atoms with Gasteiger partial charge in [-0.2, -0.15) is 0 Å². The number of carbonyl (C=O) groups excluding carboxylic acids is 1. The van der Waals surface area contributed by atoms with Crippen molar-refractivity contribution in [3.8, 4) is 0 Å². The van der Waals surface area contributed by atoms with Crippen molar-refractivity contribution < 1.29 is 13.2 Å². The van der Waals surface area contributed by atoms with E-state index in [0.717, 1.165) is 0 Å². The monoisotopic (exact) mass is 467 g/mol. The van der Waals surface area contributed by atoms with Gasteiger partial charge in [0.25, 0.3) is 0 Å². The molecule has 0 aliphatic heterocycles. The van der Waals surface area contributed by atoms with Crippen LogP contribution in [0.15, 0.2) is 89.8 Å². The number of benzene rings is 3. The van der Waals surface area contributed by atoms with Gasteiger partial charge in [-0.15, -0.1) is 0 Å². The van der Waals surface area contributed by atoms with Crippen LogP contribution in [0.4, 0.5) is 0 Å². The Bertz CT molecular complexity index is 1090. The molecule has 0 fully saturated rings. The van der Waals surface area contributed by atoms with E-state index in [0.29, 0.717) is 10.6 Å². The first kappa shape index (κ1) is 21.8. The Balaban J connectivity index is 2.06. The lowest BCUT2D eigenvalue weighted by atomic mass is 9.97. The van der Waals surface area contributed by atoms with Crippen LogP contribution in [-0.2, 0) is 10.0 Å². The van der Waals surface area contributed by atoms with Crippen LogP contribution in [0.1, 0.15) is 22.0 Å². The van der Waals surface area contributed by atoms with Crippen molar-refractivity contribution in [1.29, 1.82) is 0 Å². The average molecular weight is 469 g/mol. The molecule has 0 radical (unpaired) electrons. The Morgan fingerprint density at radius 3 is 1.90 bits per heavy atom. The normalized spacial score (nSPS) is 13.1. The van der Waals surface area contributed by atoms with Gasteiger partial charge < -0.3 is 0 Å². The number of halogens is 3. The van der Waals surface area contributed by atoms with E-state index in [9.17, 15) is 13.2 Å². The van der Waals surface area contributed by atoms with E-state index in [-0.39, 0.29) is 10.5 Å². The molecule has 1 N–H and O–H groups in total. The van der Waals surface area contributed by atoms with Crippen molar-refractivity contribution in [2.75, 3.05) is 0 Å². The summed E-state index contributed by atoms with van der Waals surface area (Å²) in [5.74, 6) is -0.628. The Hall–Kier alpha value is -1.89. The maximum Gasteiger partial charge on any atom is 0.241 e. The number of ketones is 1. The van der Waals surface area contributed by atoms with Crippen LogP contribution in [0.2, 0.25) is 5.02 Å². The van der Waals surface area contributed by atoms with Crippen molar-refractivity contribution in [3.05, 3.63) is 101 Å². The number of hydrogen-bond acceptors (Lipinski definition) is 3. The van der Waals surface area contributed by atoms with Gasteiger partial charge in [-0.05, 0) is 29.8 Å². The molecular weight excluding hydrogens is 453 g/mol. The quantitative estimate of drug-likeness (QED) is 0.372. The molecule has 0 saturated carbocycles. The summed E-state index contributed by atoms with van der Waals surface area (Å²) in [6.45, 7) is 0. The third kappa shape index (κ3) is 5.00. The van der Waals surface area contributed by atoms with Crippen molar-refractivity contribution in [2.45, 2.75) is 15.3 Å². The highest BCUT2D eigenvalue weighted by Crippen LogP contribution is 2.40. The molecule has 1 atom stereocenters. The van der Waals surface area contributed by atoms with E-state index in [4.69, 9.17) is 34.8 Å². The summed E-state index contributed by atoms with van der Waals surface area (Å²) in [6, 6.07) is 21.0. The minimum absolute atomic E-state index is 0.0234. The van der Waals surface area contributed by atoms with E-state index in [1.165, 1.54) is 12.1 Å². The van der Waals surface area contributed by atoms with E-state index in [1.54, 1.807) is 72.8 Å². The van der Waals surface area contributed by atoms with E-state index < -0.39 is 26.2 Å². The van der Waals surface area contributed by atoms with Crippen LogP contribution in [0.25, 0.3) is 0 Å². The first-order valence-corrected chi connectivity index (χ1v) is 11.1. The van der Waals surface area contributed by atoms with Crippen LogP contribution in [0, 0.1) is 0 Å². The molecule has 29 heavy (non-hydrogen) atoms. The van der Waals surface area contributed by atoms with Crippen LogP contribution in [-0.4, -0.2) is 18.5 Å². The van der Waals surface area contributed by atoms with E-state index in [1.807, 2.05) is 0 Å². The van der Waals surface area contributed by atoms with E-state index in [2.05, 4.69) is 4.72 Å². The number of nitrogens with one attached hydrogen (secondary N) is 1. The Labute approximate surface area is 184 Å². The van der Waals surface area contributed by atoms with Crippen LogP contribution in [0.3, 0.4) is 0 Å². The van der Waals surface area contributed by atoms with Crippen molar-refractivity contribution in [1.82, 2.24) is 4.72 Å². The molecule has 150 valence electrons. The molecule has 0 spiro atoms. The second-order valence-corrected chi connectivity index (χ2v) is 9.77. The van der Waals surface area contributed by atoms with Gasteiger partial charge >= 0.3 is 0 Å². The Morgan fingerprint density at radius 1 is 0.828 bits per heavy atom. The lowest BCUT2D eigenvalue weighted by molar-refractivity contribution is 0.0960. The third-order valence-electron chi connectivity index (χ3n) is 4.23. The second-order valence-electron chi connectivity index (χ2n) is 6.24. The van der Waals surface area contributed by atoms with Gasteiger partial charge in [0.1, 0.15) is 0 Å². The first-order valence-electron chi connectivity index (χ1n) is 8.52. The van der Waals surface area contributed by atoms with Gasteiger partial charge in [0.15, 0.2) is 0 Å². The zero-order valence-corrected chi connectivity index (χ0v) is 18.0. The third-order valence-corrected chi connectivity index (χ3v) is 6.70. The van der Waals surface area contributed by atoms with Gasteiger partial charge in [0.05, 0.1) is 10.9 Å². The molecule has 3 aromatic carbocycles.